The second-order valence-corrected chi connectivity index (χ2v) is 8.19. The molecule has 0 aromatic carbocycles. The zero-order chi connectivity index (χ0) is 23.0. The van der Waals surface area contributed by atoms with Crippen LogP contribution in [0.25, 0.3) is 0 Å². The van der Waals surface area contributed by atoms with Crippen molar-refractivity contribution in [1.29, 1.82) is 0 Å². The van der Waals surface area contributed by atoms with Crippen LogP contribution in [0.4, 0.5) is 0 Å². The van der Waals surface area contributed by atoms with E-state index >= 15 is 0 Å². The molecule has 30 heavy (non-hydrogen) atoms. The number of carbonyl (C=O) groups is 4. The van der Waals surface area contributed by atoms with Gasteiger partial charge in [0.2, 0.25) is 0 Å². The van der Waals surface area contributed by atoms with Crippen LogP contribution in [-0.2, 0) is 33.4 Å². The first kappa shape index (κ1) is 23.5. The van der Waals surface area contributed by atoms with Crippen LogP contribution >= 0.6 is 0 Å². The molecule has 1 saturated carbocycles. The van der Waals surface area contributed by atoms with E-state index in [1.165, 1.54) is 19.9 Å². The Morgan fingerprint density at radius 1 is 1.33 bits per heavy atom. The summed E-state index contributed by atoms with van der Waals surface area (Å²) in [5.41, 5.74) is -2.97. The molecule has 2 fully saturated rings. The Balaban J connectivity index is 2.71. The van der Waals surface area contributed by atoms with Crippen molar-refractivity contribution in [2.75, 3.05) is 0 Å². The van der Waals surface area contributed by atoms with Crippen LogP contribution < -0.4 is 0 Å². The largest absolute Gasteiger partial charge is 0.459 e. The maximum absolute atomic E-state index is 12.7. The van der Waals surface area contributed by atoms with Crippen molar-refractivity contribution in [3.05, 3.63) is 37.0 Å². The average Bonchev–Trinajstić information content (AvgIpc) is 2.68. The number of ether oxygens (including phenoxy) is 3. The fourth-order valence-corrected chi connectivity index (χ4v) is 4.18. The number of hydrogen-bond acceptors (Lipinski definition) is 8. The monoisotopic (exact) mass is 420 g/mol. The van der Waals surface area contributed by atoms with Crippen LogP contribution in [0.2, 0.25) is 0 Å². The van der Waals surface area contributed by atoms with Crippen molar-refractivity contribution >= 4 is 24.2 Å². The van der Waals surface area contributed by atoms with Gasteiger partial charge < -0.3 is 19.3 Å². The van der Waals surface area contributed by atoms with E-state index in [4.69, 9.17) is 14.2 Å². The Bertz CT molecular complexity index is 810. The fourth-order valence-electron chi connectivity index (χ4n) is 4.18. The Kier molecular flexibility index (Phi) is 6.42. The van der Waals surface area contributed by atoms with Gasteiger partial charge in [-0.15, -0.1) is 6.58 Å². The van der Waals surface area contributed by atoms with E-state index in [-0.39, 0.29) is 17.6 Å². The van der Waals surface area contributed by atoms with Gasteiger partial charge in [0.15, 0.2) is 11.7 Å². The second kappa shape index (κ2) is 8.18. The van der Waals surface area contributed by atoms with E-state index in [1.54, 1.807) is 13.8 Å². The topological polar surface area (TPSA) is 116 Å². The molecule has 0 amide bonds. The molecule has 0 aromatic rings. The van der Waals surface area contributed by atoms with Crippen LogP contribution in [-0.4, -0.2) is 53.2 Å². The number of aliphatic hydroxyl groups is 1. The lowest BCUT2D eigenvalue weighted by Crippen LogP contribution is -2.67. The molecule has 164 valence electrons. The van der Waals surface area contributed by atoms with E-state index < -0.39 is 59.1 Å². The van der Waals surface area contributed by atoms with Gasteiger partial charge in [-0.2, -0.15) is 0 Å². The second-order valence-electron chi connectivity index (χ2n) is 8.19. The predicted octanol–water partition coefficient (Wildman–Crippen LogP) is 1.67. The molecule has 1 unspecified atom stereocenters. The molecule has 1 aliphatic heterocycles. The number of carbonyl (C=O) groups excluding carboxylic acids is 4. The molecular weight excluding hydrogens is 392 g/mol. The van der Waals surface area contributed by atoms with Gasteiger partial charge in [0, 0.05) is 23.8 Å². The molecule has 2 aliphatic rings. The minimum Gasteiger partial charge on any atom is -0.459 e. The molecule has 1 N–H and O–H groups in total. The predicted molar refractivity (Wildman–Crippen MR) is 106 cm³/mol. The summed E-state index contributed by atoms with van der Waals surface area (Å²) >= 11 is 0. The molecule has 7 atom stereocenters. The lowest BCUT2D eigenvalue weighted by molar-refractivity contribution is -0.227. The van der Waals surface area contributed by atoms with Crippen molar-refractivity contribution in [1.82, 2.24) is 0 Å². The van der Waals surface area contributed by atoms with Crippen molar-refractivity contribution in [2.24, 2.45) is 17.3 Å². The van der Waals surface area contributed by atoms with Gasteiger partial charge in [0.05, 0.1) is 5.92 Å². The third-order valence-corrected chi connectivity index (χ3v) is 6.18. The number of esters is 3. The maximum atomic E-state index is 12.7. The zero-order valence-electron chi connectivity index (χ0n) is 17.7. The first-order chi connectivity index (χ1) is 13.8. The van der Waals surface area contributed by atoms with Crippen molar-refractivity contribution in [2.45, 2.75) is 58.0 Å². The van der Waals surface area contributed by atoms with Crippen LogP contribution in [0, 0.1) is 17.3 Å². The zero-order valence-corrected chi connectivity index (χ0v) is 17.7. The number of rotatable bonds is 7. The summed E-state index contributed by atoms with van der Waals surface area (Å²) in [7, 11) is 0. The summed E-state index contributed by atoms with van der Waals surface area (Å²) in [6, 6.07) is 0. The summed E-state index contributed by atoms with van der Waals surface area (Å²) in [4.78, 5) is 48.7. The fraction of sp³-hybridized carbons (Fsp3) is 0.545. The first-order valence-electron chi connectivity index (χ1n) is 9.63. The molecule has 1 heterocycles. The van der Waals surface area contributed by atoms with E-state index in [0.29, 0.717) is 6.29 Å². The summed E-state index contributed by atoms with van der Waals surface area (Å²) < 4.78 is 16.7. The highest BCUT2D eigenvalue weighted by Gasteiger charge is 2.65. The van der Waals surface area contributed by atoms with Crippen molar-refractivity contribution in [3.8, 4) is 0 Å². The molecule has 2 rings (SSSR count). The smallest absolute Gasteiger partial charge is 0.338 e. The lowest BCUT2D eigenvalue weighted by Gasteiger charge is -2.56. The average molecular weight is 420 g/mol. The third kappa shape index (κ3) is 3.71. The number of aldehydes is 1. The Hall–Kier alpha value is -2.74. The van der Waals surface area contributed by atoms with Gasteiger partial charge in [-0.05, 0) is 18.9 Å². The SMILES string of the molecule is C=C[C@@]1(C)[C@@H]2OC(=O)C(=C)[C@H]([C@@H]2OC(C)=O)[C@H](OC(=O)C(C)(O)CC)[C@@H]1C(=C)C=O. The standard InChI is InChI=1S/C22H28O8/c1-8-21(6)15(11(3)10-23)16(29-20(26)22(7,27)9-2)14-12(4)19(25)30-18(21)17(14)28-13(5)24/h8,10,14-18,27H,1,3-4,9H2,2,5-7H3/t14-,15-,16-,17-,18+,21+,22?/m0/s1. The summed E-state index contributed by atoms with van der Waals surface area (Å²) in [5, 5.41) is 10.4. The molecule has 2 bridgehead atoms. The molecule has 0 aromatic heterocycles. The number of fused-ring (bicyclic) bond motifs is 2. The lowest BCUT2D eigenvalue weighted by atomic mass is 9.55. The van der Waals surface area contributed by atoms with Crippen molar-refractivity contribution in [3.63, 3.8) is 0 Å². The first-order valence-corrected chi connectivity index (χ1v) is 9.63. The van der Waals surface area contributed by atoms with Gasteiger partial charge in [0.1, 0.15) is 18.5 Å². The maximum Gasteiger partial charge on any atom is 0.338 e. The Labute approximate surface area is 175 Å². The highest BCUT2D eigenvalue weighted by molar-refractivity contribution is 5.90. The van der Waals surface area contributed by atoms with E-state index in [0.717, 1.165) is 0 Å². The molecule has 0 spiro atoms. The quantitative estimate of drug-likeness (QED) is 0.217. The van der Waals surface area contributed by atoms with E-state index in [9.17, 15) is 24.3 Å². The van der Waals surface area contributed by atoms with Crippen LogP contribution in [0.1, 0.15) is 34.1 Å². The van der Waals surface area contributed by atoms with Crippen LogP contribution in [0.15, 0.2) is 37.0 Å². The van der Waals surface area contributed by atoms with Gasteiger partial charge in [-0.1, -0.05) is 33.1 Å². The van der Waals surface area contributed by atoms with E-state index in [2.05, 4.69) is 19.7 Å². The summed E-state index contributed by atoms with van der Waals surface area (Å²) in [6.07, 6.45) is -1.17. The molecule has 0 radical (unpaired) electrons. The minimum absolute atomic E-state index is 0.0683. The highest BCUT2D eigenvalue weighted by Crippen LogP contribution is 2.54. The molecule has 1 aliphatic carbocycles. The van der Waals surface area contributed by atoms with Crippen LogP contribution in [0.3, 0.4) is 0 Å². The molecule has 1 saturated heterocycles. The number of hydrogen-bond donors (Lipinski definition) is 1. The third-order valence-electron chi connectivity index (χ3n) is 6.18. The van der Waals surface area contributed by atoms with E-state index in [1.807, 2.05) is 0 Å². The Morgan fingerprint density at radius 2 is 1.93 bits per heavy atom. The molecule has 8 nitrogen and oxygen atoms in total. The van der Waals surface area contributed by atoms with Gasteiger partial charge >= 0.3 is 17.9 Å². The Morgan fingerprint density at radius 3 is 2.40 bits per heavy atom. The van der Waals surface area contributed by atoms with Gasteiger partial charge in [-0.3, -0.25) is 9.59 Å². The van der Waals surface area contributed by atoms with Gasteiger partial charge in [-0.25, -0.2) is 9.59 Å². The van der Waals surface area contributed by atoms with Crippen LogP contribution in [0.5, 0.6) is 0 Å². The molecule has 8 heteroatoms. The minimum atomic E-state index is -1.80. The van der Waals surface area contributed by atoms with Gasteiger partial charge in [0.25, 0.3) is 0 Å². The summed E-state index contributed by atoms with van der Waals surface area (Å²) in [6.45, 7) is 17.1. The van der Waals surface area contributed by atoms with Crippen molar-refractivity contribution < 1.29 is 38.5 Å². The highest BCUT2D eigenvalue weighted by atomic mass is 16.6. The normalized spacial score (nSPS) is 34.8. The molecular formula is C22H28O8. The summed E-state index contributed by atoms with van der Waals surface area (Å²) in [5.74, 6) is -4.18.